The number of phosphoric acid groups is 2. The van der Waals surface area contributed by atoms with Crippen LogP contribution < -0.4 is 0 Å². The van der Waals surface area contributed by atoms with E-state index in [9.17, 15) is 43.5 Å². The van der Waals surface area contributed by atoms with Gasteiger partial charge in [-0.25, -0.2) is 9.13 Å². The molecule has 0 radical (unpaired) electrons. The smallest absolute Gasteiger partial charge is 0.463 e. The molecule has 0 fully saturated rings. The molecule has 18 heteroatoms. The Morgan fingerprint density at radius 3 is 0.903 bits per heavy atom. The number of unbranched alkanes of at least 4 members (excludes halogenated alkanes) is 24. The van der Waals surface area contributed by atoms with E-state index in [1.807, 2.05) is 0 Å². The van der Waals surface area contributed by atoms with Crippen LogP contribution in [0.4, 0.5) is 0 Å². The van der Waals surface area contributed by atoms with Gasteiger partial charge in [-0.1, -0.05) is 251 Å². The van der Waals surface area contributed by atoms with E-state index in [0.29, 0.717) is 19.3 Å². The summed E-state index contributed by atoms with van der Waals surface area (Å²) in [4.78, 5) is 58.4. The fourth-order valence-electron chi connectivity index (χ4n) is 9.23. The van der Waals surface area contributed by atoms with Crippen molar-refractivity contribution in [2.75, 3.05) is 39.6 Å². The zero-order valence-corrected chi connectivity index (χ0v) is 59.7. The SMILES string of the molecule is CC/C=C\C/C=C\C/C=C\C/C=C\C/C=C\CCCCCCCCCCCCCC(=O)OCC(O)COP(=O)(O)OCC(O)COP(=O)(O)OCC(COC(=O)CCCCCCC/C=C\C/C=C\C/C=C\CC)OC(=O)CCCCCCC/C=C\C/C=C\CCCCC. The van der Waals surface area contributed by atoms with Gasteiger partial charge < -0.3 is 34.2 Å². The van der Waals surface area contributed by atoms with E-state index in [4.69, 9.17) is 32.3 Å². The summed E-state index contributed by atoms with van der Waals surface area (Å²) in [5.74, 6) is -1.61. The van der Waals surface area contributed by atoms with Crippen molar-refractivity contribution in [3.8, 4) is 0 Å². The van der Waals surface area contributed by atoms with E-state index in [1.165, 1.54) is 64.2 Å². The second kappa shape index (κ2) is 67.9. The first-order valence-electron chi connectivity index (χ1n) is 35.8. The Hall–Kier alpha value is -4.05. The molecule has 5 unspecified atom stereocenters. The van der Waals surface area contributed by atoms with Gasteiger partial charge in [-0.2, -0.15) is 0 Å². The monoisotopic (exact) mass is 1350 g/mol. The number of esters is 3. The quantitative estimate of drug-likeness (QED) is 0.0146. The second-order valence-electron chi connectivity index (χ2n) is 23.6. The van der Waals surface area contributed by atoms with Crippen molar-refractivity contribution in [2.24, 2.45) is 0 Å². The molecule has 0 heterocycles. The molecule has 0 spiro atoms. The van der Waals surface area contributed by atoms with Crippen molar-refractivity contribution >= 4 is 33.6 Å². The number of rotatable bonds is 67. The lowest BCUT2D eigenvalue weighted by Crippen LogP contribution is -2.30. The highest BCUT2D eigenvalue weighted by Gasteiger charge is 2.29. The topological polar surface area (TPSA) is 231 Å². The number of hydrogen-bond donors (Lipinski definition) is 4. The van der Waals surface area contributed by atoms with Gasteiger partial charge in [-0.15, -0.1) is 0 Å². The number of ether oxygens (including phenoxy) is 3. The van der Waals surface area contributed by atoms with Crippen LogP contribution in [-0.2, 0) is 55.8 Å². The largest absolute Gasteiger partial charge is 0.472 e. The van der Waals surface area contributed by atoms with E-state index in [-0.39, 0.29) is 19.3 Å². The average molecular weight is 1350 g/mol. The third kappa shape index (κ3) is 69.1. The summed E-state index contributed by atoms with van der Waals surface area (Å²) in [7, 11) is -9.79. The molecule has 534 valence electrons. The molecule has 0 aromatic carbocycles. The van der Waals surface area contributed by atoms with Crippen LogP contribution in [-0.4, -0.2) is 95.9 Å². The van der Waals surface area contributed by atoms with Gasteiger partial charge in [0.15, 0.2) is 6.10 Å². The van der Waals surface area contributed by atoms with Crippen LogP contribution in [0.3, 0.4) is 0 Å². The molecule has 5 atom stereocenters. The minimum Gasteiger partial charge on any atom is -0.463 e. The van der Waals surface area contributed by atoms with E-state index < -0.39 is 91.5 Å². The average Bonchev–Trinajstić information content (AvgIpc) is 3.71. The number of phosphoric ester groups is 2. The second-order valence-corrected chi connectivity index (χ2v) is 26.5. The van der Waals surface area contributed by atoms with Gasteiger partial charge in [0.05, 0.1) is 26.4 Å². The molecular weight excluding hydrogens is 1220 g/mol. The maximum absolute atomic E-state index is 12.9. The first-order chi connectivity index (χ1) is 45.2. The maximum Gasteiger partial charge on any atom is 0.472 e. The third-order valence-electron chi connectivity index (χ3n) is 14.7. The molecule has 0 saturated carbocycles. The van der Waals surface area contributed by atoms with Gasteiger partial charge in [0.1, 0.15) is 25.4 Å². The predicted octanol–water partition coefficient (Wildman–Crippen LogP) is 20.2. The van der Waals surface area contributed by atoms with Crippen molar-refractivity contribution < 1.29 is 75.8 Å². The fraction of sp³-hybridized carbons (Fsp3) is 0.693. The lowest BCUT2D eigenvalue weighted by molar-refractivity contribution is -0.161. The predicted molar refractivity (Wildman–Crippen MR) is 380 cm³/mol. The molecule has 16 nitrogen and oxygen atoms in total. The highest BCUT2D eigenvalue weighted by Crippen LogP contribution is 2.45. The molecule has 0 aliphatic carbocycles. The van der Waals surface area contributed by atoms with Crippen LogP contribution in [0.5, 0.6) is 0 Å². The minimum absolute atomic E-state index is 0.0828. The van der Waals surface area contributed by atoms with Crippen LogP contribution in [0, 0.1) is 0 Å². The van der Waals surface area contributed by atoms with Gasteiger partial charge >= 0.3 is 33.6 Å². The highest BCUT2D eigenvalue weighted by molar-refractivity contribution is 7.47. The van der Waals surface area contributed by atoms with Crippen LogP contribution in [0.1, 0.15) is 278 Å². The molecule has 0 rings (SSSR count). The molecule has 0 aromatic heterocycles. The molecule has 0 bridgehead atoms. The number of aliphatic hydroxyl groups is 2. The lowest BCUT2D eigenvalue weighted by Gasteiger charge is -2.21. The van der Waals surface area contributed by atoms with Crippen molar-refractivity contribution in [3.63, 3.8) is 0 Å². The van der Waals surface area contributed by atoms with Crippen LogP contribution in [0.25, 0.3) is 0 Å². The number of allylic oxidation sites excluding steroid dienone is 20. The van der Waals surface area contributed by atoms with Crippen molar-refractivity contribution in [2.45, 2.75) is 296 Å². The van der Waals surface area contributed by atoms with Gasteiger partial charge in [0.2, 0.25) is 0 Å². The van der Waals surface area contributed by atoms with Crippen molar-refractivity contribution in [1.29, 1.82) is 0 Å². The van der Waals surface area contributed by atoms with Gasteiger partial charge in [0.25, 0.3) is 0 Å². The Labute approximate surface area is 563 Å². The highest BCUT2D eigenvalue weighted by atomic mass is 31.2. The summed E-state index contributed by atoms with van der Waals surface area (Å²) in [5.41, 5.74) is 0. The molecule has 0 aromatic rings. The van der Waals surface area contributed by atoms with Gasteiger partial charge in [-0.3, -0.25) is 32.5 Å². The summed E-state index contributed by atoms with van der Waals surface area (Å²) < 4.78 is 60.9. The molecular formula is C75H128O16P2. The number of aliphatic hydroxyl groups excluding tert-OH is 2. The van der Waals surface area contributed by atoms with Crippen molar-refractivity contribution in [3.05, 3.63) is 122 Å². The Bertz CT molecular complexity index is 2180. The number of hydrogen-bond acceptors (Lipinski definition) is 14. The zero-order valence-electron chi connectivity index (χ0n) is 57.9. The summed E-state index contributed by atoms with van der Waals surface area (Å²) in [6.45, 7) is 2.38. The molecule has 0 amide bonds. The molecule has 0 aliphatic heterocycles. The Morgan fingerprint density at radius 2 is 0.570 bits per heavy atom. The standard InChI is InChI=1S/C75H128O16P2/c1-4-7-10-13-16-19-22-25-28-29-30-31-32-33-34-35-36-37-38-39-42-44-46-49-52-55-58-61-73(78)85-64-70(76)65-87-92(81,82)88-66-71(77)67-89-93(83,84)90-69-72(91-75(80)63-60-57-54-51-48-45-41-27-24-21-18-15-12-9-6-3)68-86-74(79)62-59-56-53-50-47-43-40-26-23-20-17-14-11-8-5-2/h7-8,10-11,16-21,25-28,30-31,33-34,40-41,70-72,76-77H,4-6,9,12-15,22-24,29,32,35-39,42-69H2,1-3H3,(H,81,82)(H,83,84)/b10-7-,11-8-,19-16-,20-17-,21-18-,28-25-,31-30-,34-33-,40-26-,41-27-. The normalized spacial score (nSPS) is 14.9. The molecule has 0 saturated heterocycles. The summed E-state index contributed by atoms with van der Waals surface area (Å²) >= 11 is 0. The van der Waals surface area contributed by atoms with E-state index in [0.717, 1.165) is 154 Å². The Balaban J connectivity index is 4.54. The van der Waals surface area contributed by atoms with Crippen molar-refractivity contribution in [1.82, 2.24) is 0 Å². The lowest BCUT2D eigenvalue weighted by atomic mass is 10.0. The van der Waals surface area contributed by atoms with E-state index in [2.05, 4.69) is 142 Å². The van der Waals surface area contributed by atoms with Gasteiger partial charge in [-0.05, 0) is 128 Å². The molecule has 93 heavy (non-hydrogen) atoms. The number of carbonyl (C=O) groups is 3. The first kappa shape index (κ1) is 89.0. The minimum atomic E-state index is -4.93. The van der Waals surface area contributed by atoms with Crippen LogP contribution in [0.2, 0.25) is 0 Å². The van der Waals surface area contributed by atoms with Crippen LogP contribution in [0.15, 0.2) is 122 Å². The van der Waals surface area contributed by atoms with Gasteiger partial charge in [0, 0.05) is 19.3 Å². The molecule has 0 aliphatic rings. The van der Waals surface area contributed by atoms with E-state index in [1.54, 1.807) is 0 Å². The maximum atomic E-state index is 12.9. The Kier molecular flexibility index (Phi) is 65.0. The number of carbonyl (C=O) groups excluding carboxylic acids is 3. The zero-order chi connectivity index (χ0) is 68.1. The van der Waals surface area contributed by atoms with Crippen LogP contribution >= 0.6 is 15.6 Å². The fourth-order valence-corrected chi connectivity index (χ4v) is 10.8. The summed E-state index contributed by atoms with van der Waals surface area (Å²) in [6.07, 6.45) is 78.2. The first-order valence-corrected chi connectivity index (χ1v) is 38.8. The third-order valence-corrected chi connectivity index (χ3v) is 16.6. The van der Waals surface area contributed by atoms with E-state index >= 15 is 0 Å². The molecule has 4 N–H and O–H groups in total. The summed E-state index contributed by atoms with van der Waals surface area (Å²) in [6, 6.07) is 0. The Morgan fingerprint density at radius 1 is 0.312 bits per heavy atom. The summed E-state index contributed by atoms with van der Waals surface area (Å²) in [5, 5.41) is 20.6.